The fourth-order valence-corrected chi connectivity index (χ4v) is 2.46. The molecule has 2 rings (SSSR count). The van der Waals surface area contributed by atoms with Gasteiger partial charge in [0.2, 0.25) is 0 Å². The number of aromatic nitrogens is 3. The first-order chi connectivity index (χ1) is 7.19. The highest BCUT2D eigenvalue weighted by molar-refractivity contribution is 5.10. The number of hydrogen-bond donors (Lipinski definition) is 1. The van der Waals surface area contributed by atoms with E-state index in [1.165, 1.54) is 12.8 Å². The van der Waals surface area contributed by atoms with Crippen LogP contribution in [0.1, 0.15) is 37.4 Å². The second-order valence-corrected chi connectivity index (χ2v) is 4.24. The molecule has 1 aromatic heterocycles. The monoisotopic (exact) mass is 210 g/mol. The van der Waals surface area contributed by atoms with Crippen LogP contribution < -0.4 is 5.73 Å². The summed E-state index contributed by atoms with van der Waals surface area (Å²) in [6, 6.07) is -0.134. The first-order valence-corrected chi connectivity index (χ1v) is 5.35. The highest BCUT2D eigenvalue weighted by atomic mass is 16.5. The molecule has 0 aliphatic heterocycles. The van der Waals surface area contributed by atoms with Crippen LogP contribution in [0.3, 0.4) is 0 Å². The van der Waals surface area contributed by atoms with Crippen molar-refractivity contribution < 1.29 is 4.74 Å². The van der Waals surface area contributed by atoms with E-state index in [0.717, 1.165) is 18.5 Å². The first kappa shape index (κ1) is 10.6. The summed E-state index contributed by atoms with van der Waals surface area (Å²) >= 11 is 0. The van der Waals surface area contributed by atoms with Crippen molar-refractivity contribution in [1.29, 1.82) is 0 Å². The van der Waals surface area contributed by atoms with E-state index < -0.39 is 0 Å². The van der Waals surface area contributed by atoms with Gasteiger partial charge in [0.25, 0.3) is 0 Å². The number of nitrogens with two attached hydrogens (primary N) is 1. The zero-order valence-electron chi connectivity index (χ0n) is 9.31. The molecule has 1 aliphatic rings. The Morgan fingerprint density at radius 3 is 2.67 bits per heavy atom. The van der Waals surface area contributed by atoms with Gasteiger partial charge in [0, 0.05) is 14.2 Å². The van der Waals surface area contributed by atoms with E-state index in [2.05, 4.69) is 10.3 Å². The van der Waals surface area contributed by atoms with Crippen LogP contribution >= 0.6 is 0 Å². The van der Waals surface area contributed by atoms with E-state index in [9.17, 15) is 0 Å². The minimum absolute atomic E-state index is 0.134. The summed E-state index contributed by atoms with van der Waals surface area (Å²) in [5.74, 6) is 0. The van der Waals surface area contributed by atoms with Gasteiger partial charge in [-0.05, 0) is 12.8 Å². The summed E-state index contributed by atoms with van der Waals surface area (Å²) in [7, 11) is 3.61. The van der Waals surface area contributed by atoms with Crippen LogP contribution in [0.25, 0.3) is 0 Å². The minimum atomic E-state index is -0.213. The molecule has 1 atom stereocenters. The SMILES string of the molecule is COC1(C(N)c2cnnn2C)CCCC1. The van der Waals surface area contributed by atoms with Crippen molar-refractivity contribution in [3.05, 3.63) is 11.9 Å². The second-order valence-electron chi connectivity index (χ2n) is 4.24. The largest absolute Gasteiger partial charge is 0.376 e. The molecule has 1 heterocycles. The van der Waals surface area contributed by atoms with Crippen molar-refractivity contribution in [2.75, 3.05) is 7.11 Å². The Bertz CT molecular complexity index is 330. The van der Waals surface area contributed by atoms with Gasteiger partial charge >= 0.3 is 0 Å². The van der Waals surface area contributed by atoms with Gasteiger partial charge in [-0.3, -0.25) is 4.68 Å². The van der Waals surface area contributed by atoms with E-state index in [1.807, 2.05) is 7.05 Å². The Labute approximate surface area is 89.6 Å². The van der Waals surface area contributed by atoms with Gasteiger partial charge in [-0.15, -0.1) is 5.10 Å². The predicted octanol–water partition coefficient (Wildman–Crippen LogP) is 0.774. The summed E-state index contributed by atoms with van der Waals surface area (Å²) in [6.07, 6.45) is 6.15. The van der Waals surface area contributed by atoms with Crippen molar-refractivity contribution in [1.82, 2.24) is 15.0 Å². The maximum Gasteiger partial charge on any atom is 0.0886 e. The molecule has 0 saturated heterocycles. The Hall–Kier alpha value is -0.940. The normalized spacial score (nSPS) is 21.8. The molecule has 1 fully saturated rings. The second kappa shape index (κ2) is 3.90. The number of hydrogen-bond acceptors (Lipinski definition) is 4. The molecular weight excluding hydrogens is 192 g/mol. The minimum Gasteiger partial charge on any atom is -0.376 e. The molecule has 0 spiro atoms. The lowest BCUT2D eigenvalue weighted by molar-refractivity contribution is -0.0282. The Morgan fingerprint density at radius 1 is 1.53 bits per heavy atom. The summed E-state index contributed by atoms with van der Waals surface area (Å²) in [5, 5.41) is 7.76. The zero-order chi connectivity index (χ0) is 10.9. The lowest BCUT2D eigenvalue weighted by atomic mass is 9.90. The van der Waals surface area contributed by atoms with Gasteiger partial charge in [-0.2, -0.15) is 0 Å². The third kappa shape index (κ3) is 1.66. The lowest BCUT2D eigenvalue weighted by Crippen LogP contribution is -2.41. The molecule has 2 N–H and O–H groups in total. The molecule has 0 radical (unpaired) electrons. The molecule has 1 aliphatic carbocycles. The number of nitrogens with zero attached hydrogens (tertiary/aromatic N) is 3. The number of rotatable bonds is 3. The van der Waals surface area contributed by atoms with Crippen LogP contribution in [0, 0.1) is 0 Å². The predicted molar refractivity (Wildman–Crippen MR) is 56.1 cm³/mol. The van der Waals surface area contributed by atoms with Crippen LogP contribution in [0.5, 0.6) is 0 Å². The third-order valence-electron chi connectivity index (χ3n) is 3.49. The van der Waals surface area contributed by atoms with Crippen LogP contribution in [0.4, 0.5) is 0 Å². The molecule has 1 aromatic rings. The van der Waals surface area contributed by atoms with Crippen molar-refractivity contribution in [3.63, 3.8) is 0 Å². The summed E-state index contributed by atoms with van der Waals surface area (Å²) in [4.78, 5) is 0. The van der Waals surface area contributed by atoms with E-state index in [1.54, 1.807) is 18.0 Å². The average Bonchev–Trinajstić information content (AvgIpc) is 2.86. The van der Waals surface area contributed by atoms with E-state index in [4.69, 9.17) is 10.5 Å². The molecule has 5 nitrogen and oxygen atoms in total. The average molecular weight is 210 g/mol. The van der Waals surface area contributed by atoms with Gasteiger partial charge in [0.05, 0.1) is 23.5 Å². The highest BCUT2D eigenvalue weighted by Gasteiger charge is 2.41. The zero-order valence-corrected chi connectivity index (χ0v) is 9.31. The lowest BCUT2D eigenvalue weighted by Gasteiger charge is -2.33. The van der Waals surface area contributed by atoms with Crippen molar-refractivity contribution >= 4 is 0 Å². The van der Waals surface area contributed by atoms with Crippen LogP contribution in [-0.4, -0.2) is 27.7 Å². The molecule has 5 heteroatoms. The van der Waals surface area contributed by atoms with Gasteiger partial charge in [-0.1, -0.05) is 18.1 Å². The molecule has 0 amide bonds. The molecule has 1 unspecified atom stereocenters. The first-order valence-electron chi connectivity index (χ1n) is 5.35. The molecule has 0 bridgehead atoms. The van der Waals surface area contributed by atoms with Crippen molar-refractivity contribution in [2.24, 2.45) is 12.8 Å². The molecule has 15 heavy (non-hydrogen) atoms. The highest BCUT2D eigenvalue weighted by Crippen LogP contribution is 2.40. The Morgan fingerprint density at radius 2 is 2.20 bits per heavy atom. The van der Waals surface area contributed by atoms with Gasteiger partial charge < -0.3 is 10.5 Å². The Balaban J connectivity index is 2.26. The third-order valence-corrected chi connectivity index (χ3v) is 3.49. The fourth-order valence-electron chi connectivity index (χ4n) is 2.46. The standard InChI is InChI=1S/C10H18N4O/c1-14-8(7-12-13-14)9(11)10(15-2)5-3-4-6-10/h7,9H,3-6,11H2,1-2H3. The maximum absolute atomic E-state index is 6.27. The summed E-state index contributed by atoms with van der Waals surface area (Å²) in [6.45, 7) is 0. The smallest absolute Gasteiger partial charge is 0.0886 e. The van der Waals surface area contributed by atoms with Gasteiger partial charge in [-0.25, -0.2) is 0 Å². The maximum atomic E-state index is 6.27. The fraction of sp³-hybridized carbons (Fsp3) is 0.800. The van der Waals surface area contributed by atoms with Gasteiger partial charge in [0.1, 0.15) is 0 Å². The molecule has 1 saturated carbocycles. The summed E-state index contributed by atoms with van der Waals surface area (Å²) in [5.41, 5.74) is 7.00. The van der Waals surface area contributed by atoms with Crippen LogP contribution in [0.15, 0.2) is 6.20 Å². The quantitative estimate of drug-likeness (QED) is 0.800. The number of aryl methyl sites for hydroxylation is 1. The molecule has 0 aromatic carbocycles. The molecular formula is C10H18N4O. The number of methoxy groups -OCH3 is 1. The number of ether oxygens (including phenoxy) is 1. The van der Waals surface area contributed by atoms with Gasteiger partial charge in [0.15, 0.2) is 0 Å². The van der Waals surface area contributed by atoms with Crippen molar-refractivity contribution in [2.45, 2.75) is 37.3 Å². The Kier molecular flexibility index (Phi) is 2.75. The van der Waals surface area contributed by atoms with Crippen molar-refractivity contribution in [3.8, 4) is 0 Å². The van der Waals surface area contributed by atoms with E-state index >= 15 is 0 Å². The van der Waals surface area contributed by atoms with Crippen LogP contribution in [-0.2, 0) is 11.8 Å². The van der Waals surface area contributed by atoms with Crippen LogP contribution in [0.2, 0.25) is 0 Å². The van der Waals surface area contributed by atoms with E-state index in [0.29, 0.717) is 0 Å². The molecule has 84 valence electrons. The van der Waals surface area contributed by atoms with E-state index in [-0.39, 0.29) is 11.6 Å². The topological polar surface area (TPSA) is 66.0 Å². The summed E-state index contributed by atoms with van der Waals surface area (Å²) < 4.78 is 7.37.